The second-order valence-corrected chi connectivity index (χ2v) is 5.35. The number of nitrogens with one attached hydrogen (secondary N) is 1. The second kappa shape index (κ2) is 6.42. The van der Waals surface area contributed by atoms with Gasteiger partial charge in [-0.1, -0.05) is 19.1 Å². The predicted octanol–water partition coefficient (Wildman–Crippen LogP) is 1.19. The van der Waals surface area contributed by atoms with E-state index in [4.69, 9.17) is 5.11 Å². The zero-order chi connectivity index (χ0) is 16.3. The number of rotatable bonds is 5. The minimum Gasteiger partial charge on any atom is -0.481 e. The van der Waals surface area contributed by atoms with Gasteiger partial charge in [-0.2, -0.15) is 0 Å². The van der Waals surface area contributed by atoms with Crippen molar-refractivity contribution in [3.05, 3.63) is 34.4 Å². The Bertz CT molecular complexity index is 604. The molecule has 1 fully saturated rings. The van der Waals surface area contributed by atoms with Crippen LogP contribution in [-0.4, -0.2) is 46.4 Å². The highest BCUT2D eigenvalue weighted by Crippen LogP contribution is 2.25. The highest BCUT2D eigenvalue weighted by atomic mass is 16.6. The number of likely N-dealkylation sites (tertiary alicyclic amines) is 1. The summed E-state index contributed by atoms with van der Waals surface area (Å²) in [4.78, 5) is 35.0. The van der Waals surface area contributed by atoms with Gasteiger partial charge in [0.1, 0.15) is 5.69 Å². The van der Waals surface area contributed by atoms with Crippen molar-refractivity contribution < 1.29 is 19.6 Å². The lowest BCUT2D eigenvalue weighted by atomic mass is 9.99. The fourth-order valence-corrected chi connectivity index (χ4v) is 2.56. The standard InChI is InChI=1S/C14H17N3O5/c1-9-7-16(8-10(9)14(19)20)13(18)6-15-11-4-2-3-5-12(11)17(21)22/h2-5,9-10,15H,6-8H2,1H3,(H,19,20)/t9-,10-/m1/s1. The quantitative estimate of drug-likeness (QED) is 0.624. The largest absolute Gasteiger partial charge is 0.481 e. The molecule has 2 atom stereocenters. The number of carbonyl (C=O) groups excluding carboxylic acids is 1. The molecule has 0 aliphatic carbocycles. The fourth-order valence-electron chi connectivity index (χ4n) is 2.56. The van der Waals surface area contributed by atoms with E-state index in [0.29, 0.717) is 6.54 Å². The Morgan fingerprint density at radius 3 is 2.68 bits per heavy atom. The van der Waals surface area contributed by atoms with Gasteiger partial charge in [-0.25, -0.2) is 0 Å². The van der Waals surface area contributed by atoms with Crippen LogP contribution in [0.2, 0.25) is 0 Å². The van der Waals surface area contributed by atoms with Crippen LogP contribution in [0.5, 0.6) is 0 Å². The number of amides is 1. The number of hydrogen-bond acceptors (Lipinski definition) is 5. The first-order valence-electron chi connectivity index (χ1n) is 6.88. The number of nitro benzene ring substituents is 1. The first-order chi connectivity index (χ1) is 10.4. The number of hydrogen-bond donors (Lipinski definition) is 2. The van der Waals surface area contributed by atoms with Crippen LogP contribution in [0, 0.1) is 22.0 Å². The number of benzene rings is 1. The number of carboxylic acids is 1. The molecule has 0 aromatic heterocycles. The number of aliphatic carboxylic acids is 1. The summed E-state index contributed by atoms with van der Waals surface area (Å²) >= 11 is 0. The van der Waals surface area contributed by atoms with Crippen LogP contribution in [0.25, 0.3) is 0 Å². The minimum absolute atomic E-state index is 0.103. The molecule has 1 heterocycles. The van der Waals surface area contributed by atoms with E-state index >= 15 is 0 Å². The van der Waals surface area contributed by atoms with Crippen LogP contribution in [0.15, 0.2) is 24.3 Å². The average molecular weight is 307 g/mol. The van der Waals surface area contributed by atoms with Crippen LogP contribution in [-0.2, 0) is 9.59 Å². The molecule has 1 amide bonds. The monoisotopic (exact) mass is 307 g/mol. The molecule has 8 nitrogen and oxygen atoms in total. The molecule has 8 heteroatoms. The van der Waals surface area contributed by atoms with Crippen molar-refractivity contribution in [2.24, 2.45) is 11.8 Å². The number of carbonyl (C=O) groups is 2. The molecule has 0 saturated carbocycles. The summed E-state index contributed by atoms with van der Waals surface area (Å²) in [5.74, 6) is -1.84. The zero-order valence-corrected chi connectivity index (χ0v) is 12.1. The van der Waals surface area contributed by atoms with E-state index in [-0.39, 0.29) is 36.3 Å². The molecule has 0 bridgehead atoms. The Labute approximate surface area is 126 Å². The molecule has 1 aliphatic heterocycles. The smallest absolute Gasteiger partial charge is 0.308 e. The van der Waals surface area contributed by atoms with E-state index in [1.54, 1.807) is 19.1 Å². The third kappa shape index (κ3) is 3.33. The van der Waals surface area contributed by atoms with Gasteiger partial charge in [-0.05, 0) is 12.0 Å². The summed E-state index contributed by atoms with van der Waals surface area (Å²) in [6.07, 6.45) is 0. The topological polar surface area (TPSA) is 113 Å². The summed E-state index contributed by atoms with van der Waals surface area (Å²) in [6.45, 7) is 2.24. The van der Waals surface area contributed by atoms with Gasteiger partial charge in [0.25, 0.3) is 5.69 Å². The van der Waals surface area contributed by atoms with Gasteiger partial charge in [0, 0.05) is 19.2 Å². The number of para-hydroxylation sites is 2. The van der Waals surface area contributed by atoms with E-state index in [1.807, 2.05) is 0 Å². The van der Waals surface area contributed by atoms with Gasteiger partial charge in [0.05, 0.1) is 17.4 Å². The molecule has 1 aromatic rings. The van der Waals surface area contributed by atoms with Gasteiger partial charge < -0.3 is 15.3 Å². The molecule has 2 N–H and O–H groups in total. The number of nitrogens with zero attached hydrogens (tertiary/aromatic N) is 2. The van der Waals surface area contributed by atoms with Crippen molar-refractivity contribution in [2.45, 2.75) is 6.92 Å². The Kier molecular flexibility index (Phi) is 4.59. The van der Waals surface area contributed by atoms with Gasteiger partial charge in [-0.3, -0.25) is 19.7 Å². The van der Waals surface area contributed by atoms with Crippen molar-refractivity contribution in [3.63, 3.8) is 0 Å². The molecule has 2 rings (SSSR count). The molecular formula is C14H17N3O5. The van der Waals surface area contributed by atoms with Crippen molar-refractivity contribution in [1.82, 2.24) is 4.90 Å². The molecule has 118 valence electrons. The van der Waals surface area contributed by atoms with Gasteiger partial charge in [0.2, 0.25) is 5.91 Å². The predicted molar refractivity (Wildman–Crippen MR) is 78.5 cm³/mol. The summed E-state index contributed by atoms with van der Waals surface area (Å²) in [7, 11) is 0. The maximum atomic E-state index is 12.1. The summed E-state index contributed by atoms with van der Waals surface area (Å²) < 4.78 is 0. The molecular weight excluding hydrogens is 290 g/mol. The van der Waals surface area contributed by atoms with E-state index in [2.05, 4.69) is 5.32 Å². The molecule has 0 spiro atoms. The molecule has 1 aliphatic rings. The van der Waals surface area contributed by atoms with E-state index < -0.39 is 16.8 Å². The van der Waals surface area contributed by atoms with E-state index in [9.17, 15) is 19.7 Å². The van der Waals surface area contributed by atoms with E-state index in [0.717, 1.165) is 0 Å². The minimum atomic E-state index is -0.908. The summed E-state index contributed by atoms with van der Waals surface area (Å²) in [5.41, 5.74) is 0.163. The SMILES string of the molecule is C[C@@H]1CN(C(=O)CNc2ccccc2[N+](=O)[O-])C[C@H]1C(=O)O. The van der Waals surface area contributed by atoms with Gasteiger partial charge in [0.15, 0.2) is 0 Å². The molecule has 0 radical (unpaired) electrons. The lowest BCUT2D eigenvalue weighted by Crippen LogP contribution is -2.34. The first-order valence-corrected chi connectivity index (χ1v) is 6.88. The second-order valence-electron chi connectivity index (χ2n) is 5.35. The van der Waals surface area contributed by atoms with Crippen LogP contribution in [0.3, 0.4) is 0 Å². The third-order valence-corrected chi connectivity index (χ3v) is 3.81. The lowest BCUT2D eigenvalue weighted by Gasteiger charge is -2.16. The van der Waals surface area contributed by atoms with E-state index in [1.165, 1.54) is 17.0 Å². The molecule has 22 heavy (non-hydrogen) atoms. The van der Waals surface area contributed by atoms with Crippen molar-refractivity contribution in [2.75, 3.05) is 25.0 Å². The zero-order valence-electron chi connectivity index (χ0n) is 12.1. The Morgan fingerprint density at radius 1 is 1.41 bits per heavy atom. The molecule has 1 saturated heterocycles. The van der Waals surface area contributed by atoms with Crippen LogP contribution in [0.1, 0.15) is 6.92 Å². The number of nitro groups is 1. The fraction of sp³-hybridized carbons (Fsp3) is 0.429. The van der Waals surface area contributed by atoms with Crippen LogP contribution >= 0.6 is 0 Å². The Balaban J connectivity index is 1.97. The first kappa shape index (κ1) is 15.7. The Morgan fingerprint density at radius 2 is 2.09 bits per heavy atom. The van der Waals surface area contributed by atoms with Crippen molar-refractivity contribution in [3.8, 4) is 0 Å². The average Bonchev–Trinajstić information content (AvgIpc) is 2.87. The molecule has 1 aromatic carbocycles. The Hall–Kier alpha value is -2.64. The summed E-state index contributed by atoms with van der Waals surface area (Å²) in [6, 6.07) is 6.06. The van der Waals surface area contributed by atoms with Crippen LogP contribution < -0.4 is 5.32 Å². The van der Waals surface area contributed by atoms with Crippen LogP contribution in [0.4, 0.5) is 11.4 Å². The highest BCUT2D eigenvalue weighted by molar-refractivity contribution is 5.83. The van der Waals surface area contributed by atoms with Gasteiger partial charge in [-0.15, -0.1) is 0 Å². The molecule has 0 unspecified atom stereocenters. The van der Waals surface area contributed by atoms with Crippen molar-refractivity contribution in [1.29, 1.82) is 0 Å². The number of carboxylic acid groups (broad SMARTS) is 1. The maximum Gasteiger partial charge on any atom is 0.308 e. The van der Waals surface area contributed by atoms with Gasteiger partial charge >= 0.3 is 5.97 Å². The normalized spacial score (nSPS) is 20.7. The lowest BCUT2D eigenvalue weighted by molar-refractivity contribution is -0.383. The number of anilines is 1. The summed E-state index contributed by atoms with van der Waals surface area (Å²) in [5, 5.41) is 22.7. The van der Waals surface area contributed by atoms with Crippen molar-refractivity contribution >= 4 is 23.3 Å². The highest BCUT2D eigenvalue weighted by Gasteiger charge is 2.36. The maximum absolute atomic E-state index is 12.1. The third-order valence-electron chi connectivity index (χ3n) is 3.81.